The Morgan fingerprint density at radius 3 is 2.50 bits per heavy atom. The fourth-order valence-corrected chi connectivity index (χ4v) is 2.27. The van der Waals surface area contributed by atoms with Crippen molar-refractivity contribution in [3.05, 3.63) is 23.9 Å². The average Bonchev–Trinajstić information content (AvgIpc) is 3.04. The fourth-order valence-electron chi connectivity index (χ4n) is 2.27. The van der Waals surface area contributed by atoms with Crippen LogP contribution in [-0.4, -0.2) is 49.8 Å². The topological polar surface area (TPSA) is 119 Å². The molecule has 1 aromatic carbocycles. The Kier molecular flexibility index (Phi) is 6.05. The predicted molar refractivity (Wildman–Crippen MR) is 93.5 cm³/mol. The van der Waals surface area contributed by atoms with Crippen LogP contribution in [0.25, 0.3) is 10.9 Å². The zero-order chi connectivity index (χ0) is 19.3. The van der Waals surface area contributed by atoms with Crippen LogP contribution in [0.3, 0.4) is 0 Å². The molecule has 9 heteroatoms. The molecular weight excluding hydrogens is 342 g/mol. The van der Waals surface area contributed by atoms with E-state index in [-0.39, 0.29) is 5.69 Å². The molecule has 0 saturated heterocycles. The smallest absolute Gasteiger partial charge is 0.355 e. The third-order valence-corrected chi connectivity index (χ3v) is 3.57. The Labute approximate surface area is 150 Å². The predicted octanol–water partition coefficient (Wildman–Crippen LogP) is 1.58. The second-order valence-corrected chi connectivity index (χ2v) is 5.37. The van der Waals surface area contributed by atoms with Crippen molar-refractivity contribution >= 4 is 28.8 Å². The Morgan fingerprint density at radius 1 is 1.15 bits per heavy atom. The molecule has 0 bridgehead atoms. The molecule has 0 fully saturated rings. The molecule has 1 unspecified atom stereocenters. The number of carbonyl (C=O) groups excluding carboxylic acids is 3. The van der Waals surface area contributed by atoms with Gasteiger partial charge >= 0.3 is 12.0 Å². The highest BCUT2D eigenvalue weighted by Gasteiger charge is 2.22. The monoisotopic (exact) mass is 363 g/mol. The molecular formula is C17H21N3O6. The van der Waals surface area contributed by atoms with E-state index in [2.05, 4.69) is 15.6 Å². The largest absolute Gasteiger partial charge is 0.497 e. The molecule has 0 spiro atoms. The lowest BCUT2D eigenvalue weighted by atomic mass is 10.2. The minimum absolute atomic E-state index is 0.143. The molecule has 3 amide bonds. The number of fused-ring (bicyclic) bond motifs is 1. The number of hydrogen-bond donors (Lipinski definition) is 3. The van der Waals surface area contributed by atoms with Crippen LogP contribution < -0.4 is 20.1 Å². The standard InChI is InChI=1S/C17H21N3O6/c1-5-18-17(23)20-15(21)9(2)26-16(22)12-7-10-6-11(24-3)8-13(25-4)14(10)19-12/h6-9,19H,5H2,1-4H3,(H2,18,20,21,23). The number of urea groups is 1. The average molecular weight is 363 g/mol. The van der Waals surface area contributed by atoms with E-state index in [0.717, 1.165) is 0 Å². The van der Waals surface area contributed by atoms with Crippen molar-refractivity contribution in [1.82, 2.24) is 15.6 Å². The van der Waals surface area contributed by atoms with Crippen LogP contribution >= 0.6 is 0 Å². The van der Waals surface area contributed by atoms with Gasteiger partial charge < -0.3 is 24.5 Å². The summed E-state index contributed by atoms with van der Waals surface area (Å²) in [6.45, 7) is 3.46. The molecule has 2 aromatic rings. The second kappa shape index (κ2) is 8.24. The maximum absolute atomic E-state index is 12.3. The van der Waals surface area contributed by atoms with Gasteiger partial charge in [-0.1, -0.05) is 0 Å². The molecule has 0 aliphatic heterocycles. The number of ether oxygens (including phenoxy) is 3. The second-order valence-electron chi connectivity index (χ2n) is 5.37. The minimum Gasteiger partial charge on any atom is -0.497 e. The summed E-state index contributed by atoms with van der Waals surface area (Å²) < 4.78 is 15.6. The number of nitrogens with one attached hydrogen (secondary N) is 3. The third-order valence-electron chi connectivity index (χ3n) is 3.57. The molecule has 26 heavy (non-hydrogen) atoms. The number of hydrogen-bond acceptors (Lipinski definition) is 6. The van der Waals surface area contributed by atoms with Gasteiger partial charge in [-0.15, -0.1) is 0 Å². The summed E-state index contributed by atoms with van der Waals surface area (Å²) in [6, 6.07) is 4.33. The van der Waals surface area contributed by atoms with E-state index in [1.54, 1.807) is 25.1 Å². The zero-order valence-electron chi connectivity index (χ0n) is 15.0. The number of methoxy groups -OCH3 is 2. The van der Waals surface area contributed by atoms with E-state index >= 15 is 0 Å². The first-order valence-corrected chi connectivity index (χ1v) is 7.94. The number of rotatable bonds is 6. The summed E-state index contributed by atoms with van der Waals surface area (Å²) >= 11 is 0. The van der Waals surface area contributed by atoms with Crippen LogP contribution in [-0.2, 0) is 9.53 Å². The number of aromatic nitrogens is 1. The molecule has 0 radical (unpaired) electrons. The zero-order valence-corrected chi connectivity index (χ0v) is 15.0. The van der Waals surface area contributed by atoms with Gasteiger partial charge in [-0.3, -0.25) is 10.1 Å². The van der Waals surface area contributed by atoms with Gasteiger partial charge in [0.15, 0.2) is 6.10 Å². The molecule has 1 atom stereocenters. The molecule has 0 saturated carbocycles. The molecule has 3 N–H and O–H groups in total. The van der Waals surface area contributed by atoms with Gasteiger partial charge in [0.2, 0.25) is 0 Å². The number of H-pyrrole nitrogens is 1. The van der Waals surface area contributed by atoms with Crippen LogP contribution in [0.4, 0.5) is 4.79 Å². The normalized spacial score (nSPS) is 11.5. The molecule has 140 valence electrons. The van der Waals surface area contributed by atoms with Crippen molar-refractivity contribution < 1.29 is 28.6 Å². The van der Waals surface area contributed by atoms with Crippen LogP contribution in [0.2, 0.25) is 0 Å². The van der Waals surface area contributed by atoms with E-state index in [4.69, 9.17) is 14.2 Å². The van der Waals surface area contributed by atoms with Crippen LogP contribution in [0, 0.1) is 0 Å². The molecule has 0 aliphatic rings. The first kappa shape index (κ1) is 19.1. The summed E-state index contributed by atoms with van der Waals surface area (Å²) in [5.41, 5.74) is 0.740. The Bertz CT molecular complexity index is 829. The maximum Gasteiger partial charge on any atom is 0.355 e. The number of esters is 1. The highest BCUT2D eigenvalue weighted by Crippen LogP contribution is 2.31. The first-order valence-electron chi connectivity index (χ1n) is 7.94. The number of benzene rings is 1. The van der Waals surface area contributed by atoms with Gasteiger partial charge in [0, 0.05) is 18.0 Å². The minimum atomic E-state index is -1.15. The quantitative estimate of drug-likeness (QED) is 0.671. The van der Waals surface area contributed by atoms with Crippen molar-refractivity contribution in [1.29, 1.82) is 0 Å². The van der Waals surface area contributed by atoms with Crippen molar-refractivity contribution in [2.75, 3.05) is 20.8 Å². The molecule has 1 aromatic heterocycles. The molecule has 9 nitrogen and oxygen atoms in total. The first-order chi connectivity index (χ1) is 12.4. The van der Waals surface area contributed by atoms with Gasteiger partial charge in [0.1, 0.15) is 17.2 Å². The Morgan fingerprint density at radius 2 is 1.88 bits per heavy atom. The van der Waals surface area contributed by atoms with Gasteiger partial charge in [0.25, 0.3) is 5.91 Å². The number of carbonyl (C=O) groups is 3. The van der Waals surface area contributed by atoms with Gasteiger partial charge in [-0.05, 0) is 26.0 Å². The number of imide groups is 1. The van der Waals surface area contributed by atoms with Gasteiger partial charge in [-0.25, -0.2) is 9.59 Å². The van der Waals surface area contributed by atoms with E-state index in [1.807, 2.05) is 0 Å². The van der Waals surface area contributed by atoms with Crippen molar-refractivity contribution in [2.24, 2.45) is 0 Å². The van der Waals surface area contributed by atoms with Crippen LogP contribution in [0.5, 0.6) is 11.5 Å². The summed E-state index contributed by atoms with van der Waals surface area (Å²) in [5.74, 6) is -0.385. The summed E-state index contributed by atoms with van der Waals surface area (Å²) in [6.07, 6.45) is -1.15. The maximum atomic E-state index is 12.3. The lowest BCUT2D eigenvalue weighted by Gasteiger charge is -2.12. The lowest BCUT2D eigenvalue weighted by Crippen LogP contribution is -2.44. The highest BCUT2D eigenvalue weighted by molar-refractivity contribution is 6.00. The fraction of sp³-hybridized carbons (Fsp3) is 0.353. The summed E-state index contributed by atoms with van der Waals surface area (Å²) in [5, 5.41) is 5.19. The van der Waals surface area contributed by atoms with Crippen LogP contribution in [0.15, 0.2) is 18.2 Å². The Balaban J connectivity index is 2.14. The summed E-state index contributed by atoms with van der Waals surface area (Å²) in [7, 11) is 3.03. The lowest BCUT2D eigenvalue weighted by molar-refractivity contribution is -0.127. The van der Waals surface area contributed by atoms with E-state index in [9.17, 15) is 14.4 Å². The van der Waals surface area contributed by atoms with Gasteiger partial charge in [-0.2, -0.15) is 0 Å². The van der Waals surface area contributed by atoms with E-state index in [0.29, 0.717) is 28.9 Å². The summed E-state index contributed by atoms with van der Waals surface area (Å²) in [4.78, 5) is 38.4. The molecule has 0 aliphatic carbocycles. The molecule has 1 heterocycles. The van der Waals surface area contributed by atoms with E-state index < -0.39 is 24.0 Å². The van der Waals surface area contributed by atoms with Gasteiger partial charge in [0.05, 0.1) is 19.7 Å². The van der Waals surface area contributed by atoms with Crippen molar-refractivity contribution in [3.8, 4) is 11.5 Å². The highest BCUT2D eigenvalue weighted by atomic mass is 16.5. The third kappa shape index (κ3) is 4.24. The molecule has 2 rings (SSSR count). The van der Waals surface area contributed by atoms with Crippen molar-refractivity contribution in [2.45, 2.75) is 20.0 Å². The number of amides is 3. The van der Waals surface area contributed by atoms with Crippen LogP contribution in [0.1, 0.15) is 24.3 Å². The number of aromatic amines is 1. The Hall–Kier alpha value is -3.23. The van der Waals surface area contributed by atoms with Crippen molar-refractivity contribution in [3.63, 3.8) is 0 Å². The SMILES string of the molecule is CCNC(=O)NC(=O)C(C)OC(=O)c1cc2cc(OC)cc(OC)c2[nH]1. The van der Waals surface area contributed by atoms with E-state index in [1.165, 1.54) is 21.1 Å².